The number of nitrogens with one attached hydrogen (secondary N) is 1. The van der Waals surface area contributed by atoms with E-state index in [2.05, 4.69) is 44.5 Å². The molecule has 1 aliphatic heterocycles. The number of rotatable bonds is 7. The van der Waals surface area contributed by atoms with E-state index in [1.165, 1.54) is 49.3 Å². The third-order valence-electron chi connectivity index (χ3n) is 5.17. The summed E-state index contributed by atoms with van der Waals surface area (Å²) in [6.07, 6.45) is 7.81. The van der Waals surface area contributed by atoms with Gasteiger partial charge in [0, 0.05) is 36.4 Å². The third kappa shape index (κ3) is 5.71. The van der Waals surface area contributed by atoms with Crippen molar-refractivity contribution in [3.63, 3.8) is 0 Å². The summed E-state index contributed by atoms with van der Waals surface area (Å²) in [4.78, 5) is 23.5. The van der Waals surface area contributed by atoms with Crippen LogP contribution in [0.15, 0.2) is 54.2 Å². The number of benzene rings is 1. The van der Waals surface area contributed by atoms with Crippen LogP contribution in [0.5, 0.6) is 0 Å². The van der Waals surface area contributed by atoms with E-state index in [1.807, 2.05) is 17.5 Å². The molecule has 0 spiro atoms. The van der Waals surface area contributed by atoms with Gasteiger partial charge in [-0.15, -0.1) is 11.3 Å². The standard InChI is InChI=1S/C23H26N4OS/c28-22(13-21-17-29-23(26-21)20-5-4-10-24-15-20)25-14-18-6-8-19(9-7-18)16-27-11-2-1-3-12-27/h4-10,15,17H,1-3,11-14,16H2,(H,25,28). The van der Waals surface area contributed by atoms with E-state index in [0.29, 0.717) is 13.0 Å². The van der Waals surface area contributed by atoms with Crippen molar-refractivity contribution in [2.45, 2.75) is 38.8 Å². The van der Waals surface area contributed by atoms with E-state index in [-0.39, 0.29) is 5.91 Å². The molecule has 3 heterocycles. The van der Waals surface area contributed by atoms with Gasteiger partial charge in [0.2, 0.25) is 5.91 Å². The van der Waals surface area contributed by atoms with Gasteiger partial charge in [-0.05, 0) is 49.2 Å². The molecule has 4 rings (SSSR count). The number of likely N-dealkylation sites (tertiary alicyclic amines) is 1. The summed E-state index contributed by atoms with van der Waals surface area (Å²) in [5.41, 5.74) is 4.24. The Kier molecular flexibility index (Phi) is 6.64. The molecule has 3 aromatic rings. The minimum absolute atomic E-state index is 0.00886. The zero-order chi connectivity index (χ0) is 19.9. The zero-order valence-electron chi connectivity index (χ0n) is 16.5. The fourth-order valence-electron chi connectivity index (χ4n) is 3.58. The predicted octanol–water partition coefficient (Wildman–Crippen LogP) is 4.05. The monoisotopic (exact) mass is 406 g/mol. The molecule has 1 saturated heterocycles. The molecular formula is C23H26N4OS. The van der Waals surface area contributed by atoms with Gasteiger partial charge >= 0.3 is 0 Å². The average Bonchev–Trinajstić information content (AvgIpc) is 3.23. The van der Waals surface area contributed by atoms with Crippen molar-refractivity contribution in [1.29, 1.82) is 0 Å². The molecule has 1 aromatic carbocycles. The largest absolute Gasteiger partial charge is 0.352 e. The Morgan fingerprint density at radius 1 is 1.07 bits per heavy atom. The molecule has 0 bridgehead atoms. The van der Waals surface area contributed by atoms with Gasteiger partial charge in [0.05, 0.1) is 12.1 Å². The van der Waals surface area contributed by atoms with E-state index in [0.717, 1.165) is 28.4 Å². The first kappa shape index (κ1) is 19.7. The maximum atomic E-state index is 12.3. The number of piperidine rings is 1. The molecule has 1 amide bonds. The van der Waals surface area contributed by atoms with Crippen LogP contribution in [0.1, 0.15) is 36.1 Å². The first-order chi connectivity index (χ1) is 14.3. The molecule has 0 saturated carbocycles. The molecule has 0 aliphatic carbocycles. The van der Waals surface area contributed by atoms with Gasteiger partial charge in [-0.3, -0.25) is 14.7 Å². The lowest BCUT2D eigenvalue weighted by Crippen LogP contribution is -2.29. The smallest absolute Gasteiger partial charge is 0.226 e. The Morgan fingerprint density at radius 3 is 2.62 bits per heavy atom. The van der Waals surface area contributed by atoms with Crippen LogP contribution in [-0.2, 0) is 24.3 Å². The van der Waals surface area contributed by atoms with Crippen LogP contribution in [0.3, 0.4) is 0 Å². The summed E-state index contributed by atoms with van der Waals surface area (Å²) >= 11 is 1.54. The van der Waals surface area contributed by atoms with Gasteiger partial charge in [-0.25, -0.2) is 4.98 Å². The highest BCUT2D eigenvalue weighted by Gasteiger charge is 2.11. The van der Waals surface area contributed by atoms with Crippen LogP contribution in [0.2, 0.25) is 0 Å². The highest BCUT2D eigenvalue weighted by atomic mass is 32.1. The zero-order valence-corrected chi connectivity index (χ0v) is 17.3. The minimum atomic E-state index is -0.00886. The van der Waals surface area contributed by atoms with E-state index in [4.69, 9.17) is 0 Å². The molecule has 0 atom stereocenters. The predicted molar refractivity (Wildman–Crippen MR) is 116 cm³/mol. The van der Waals surface area contributed by atoms with Gasteiger partial charge in [-0.1, -0.05) is 30.7 Å². The fraction of sp³-hybridized carbons (Fsp3) is 0.348. The second-order valence-electron chi connectivity index (χ2n) is 7.49. The molecule has 5 nitrogen and oxygen atoms in total. The van der Waals surface area contributed by atoms with Crippen LogP contribution >= 0.6 is 11.3 Å². The molecule has 6 heteroatoms. The van der Waals surface area contributed by atoms with Crippen LogP contribution in [0.4, 0.5) is 0 Å². The Morgan fingerprint density at radius 2 is 1.86 bits per heavy atom. The lowest BCUT2D eigenvalue weighted by Gasteiger charge is -2.26. The number of thiazole rings is 1. The maximum Gasteiger partial charge on any atom is 0.226 e. The second kappa shape index (κ2) is 9.76. The van der Waals surface area contributed by atoms with Crippen LogP contribution in [-0.4, -0.2) is 33.9 Å². The Balaban J connectivity index is 1.25. The van der Waals surface area contributed by atoms with Gasteiger partial charge in [0.1, 0.15) is 5.01 Å². The molecule has 0 unspecified atom stereocenters. The highest BCUT2D eigenvalue weighted by molar-refractivity contribution is 7.13. The number of hydrogen-bond acceptors (Lipinski definition) is 5. The molecule has 150 valence electrons. The van der Waals surface area contributed by atoms with Crippen molar-refractivity contribution < 1.29 is 4.79 Å². The lowest BCUT2D eigenvalue weighted by molar-refractivity contribution is -0.120. The first-order valence-electron chi connectivity index (χ1n) is 10.2. The molecule has 2 aromatic heterocycles. The molecule has 0 radical (unpaired) electrons. The number of pyridine rings is 1. The molecule has 1 fully saturated rings. The lowest BCUT2D eigenvalue weighted by atomic mass is 10.1. The summed E-state index contributed by atoms with van der Waals surface area (Å²) in [7, 11) is 0. The van der Waals surface area contributed by atoms with Gasteiger partial charge in [0.15, 0.2) is 0 Å². The topological polar surface area (TPSA) is 58.1 Å². The minimum Gasteiger partial charge on any atom is -0.352 e. The first-order valence-corrected chi connectivity index (χ1v) is 11.1. The van der Waals surface area contributed by atoms with Crippen molar-refractivity contribution in [1.82, 2.24) is 20.2 Å². The van der Waals surface area contributed by atoms with Gasteiger partial charge in [-0.2, -0.15) is 0 Å². The summed E-state index contributed by atoms with van der Waals surface area (Å²) in [6, 6.07) is 12.4. The van der Waals surface area contributed by atoms with E-state index >= 15 is 0 Å². The van der Waals surface area contributed by atoms with E-state index < -0.39 is 0 Å². The summed E-state index contributed by atoms with van der Waals surface area (Å²) in [5.74, 6) is -0.00886. The summed E-state index contributed by atoms with van der Waals surface area (Å²) in [5, 5.41) is 5.84. The second-order valence-corrected chi connectivity index (χ2v) is 8.35. The molecule has 1 aliphatic rings. The number of amides is 1. The van der Waals surface area contributed by atoms with Crippen molar-refractivity contribution in [2.24, 2.45) is 0 Å². The molecule has 1 N–H and O–H groups in total. The van der Waals surface area contributed by atoms with Crippen molar-refractivity contribution in [3.05, 3.63) is 71.0 Å². The van der Waals surface area contributed by atoms with E-state index in [9.17, 15) is 4.79 Å². The van der Waals surface area contributed by atoms with Gasteiger partial charge in [0.25, 0.3) is 0 Å². The Labute approximate surface area is 175 Å². The number of carbonyl (C=O) groups excluding carboxylic acids is 1. The fourth-order valence-corrected chi connectivity index (χ4v) is 4.39. The SMILES string of the molecule is O=C(Cc1csc(-c2cccnc2)n1)NCc1ccc(CN2CCCCC2)cc1. The summed E-state index contributed by atoms with van der Waals surface area (Å²) in [6.45, 7) is 3.98. The van der Waals surface area contributed by atoms with Crippen molar-refractivity contribution in [3.8, 4) is 10.6 Å². The van der Waals surface area contributed by atoms with Gasteiger partial charge < -0.3 is 5.32 Å². The van der Waals surface area contributed by atoms with Crippen molar-refractivity contribution in [2.75, 3.05) is 13.1 Å². The van der Waals surface area contributed by atoms with Crippen LogP contribution in [0, 0.1) is 0 Å². The number of aromatic nitrogens is 2. The average molecular weight is 407 g/mol. The highest BCUT2D eigenvalue weighted by Crippen LogP contribution is 2.22. The maximum absolute atomic E-state index is 12.3. The Bertz CT molecular complexity index is 918. The van der Waals surface area contributed by atoms with Crippen LogP contribution in [0.25, 0.3) is 10.6 Å². The quantitative estimate of drug-likeness (QED) is 0.643. The number of carbonyl (C=O) groups is 1. The number of nitrogens with zero attached hydrogens (tertiary/aromatic N) is 3. The van der Waals surface area contributed by atoms with Crippen LogP contribution < -0.4 is 5.32 Å². The molecular weight excluding hydrogens is 380 g/mol. The van der Waals surface area contributed by atoms with Crippen molar-refractivity contribution >= 4 is 17.2 Å². The summed E-state index contributed by atoms with van der Waals surface area (Å²) < 4.78 is 0. The third-order valence-corrected chi connectivity index (χ3v) is 6.11. The number of hydrogen-bond donors (Lipinski definition) is 1. The normalized spacial score (nSPS) is 14.6. The Hall–Kier alpha value is -2.57. The van der Waals surface area contributed by atoms with E-state index in [1.54, 1.807) is 12.4 Å². The molecule has 29 heavy (non-hydrogen) atoms.